The Morgan fingerprint density at radius 3 is 3.00 bits per heavy atom. The Morgan fingerprint density at radius 2 is 2.22 bits per heavy atom. The minimum Gasteiger partial charge on any atom is -0.487 e. The number of halogens is 1. The Bertz CT molecular complexity index is 465. The van der Waals surface area contributed by atoms with Crippen molar-refractivity contribution in [2.45, 2.75) is 43.9 Å². The van der Waals surface area contributed by atoms with Crippen LogP contribution in [0.2, 0.25) is 0 Å². The van der Waals surface area contributed by atoms with Crippen LogP contribution in [0.1, 0.15) is 37.8 Å². The van der Waals surface area contributed by atoms with Gasteiger partial charge in [-0.1, -0.05) is 0 Å². The Balaban J connectivity index is 1.93. The van der Waals surface area contributed by atoms with E-state index >= 15 is 0 Å². The van der Waals surface area contributed by atoms with Gasteiger partial charge in [-0.2, -0.15) is 0 Å². The molecule has 2 aliphatic heterocycles. The molecular formula is C14H18FNO2. The second kappa shape index (κ2) is 4.21. The smallest absolute Gasteiger partial charge is 0.125 e. The highest BCUT2D eigenvalue weighted by Crippen LogP contribution is 2.44. The normalized spacial score (nSPS) is 35.1. The lowest BCUT2D eigenvalue weighted by Crippen LogP contribution is -2.49. The van der Waals surface area contributed by atoms with Gasteiger partial charge in [0.15, 0.2) is 0 Å². The summed E-state index contributed by atoms with van der Waals surface area (Å²) in [7, 11) is 0. The summed E-state index contributed by atoms with van der Waals surface area (Å²) >= 11 is 0. The molecular weight excluding hydrogens is 233 g/mol. The van der Waals surface area contributed by atoms with Crippen LogP contribution in [-0.2, 0) is 4.74 Å². The van der Waals surface area contributed by atoms with E-state index in [9.17, 15) is 4.39 Å². The van der Waals surface area contributed by atoms with E-state index in [0.29, 0.717) is 6.61 Å². The summed E-state index contributed by atoms with van der Waals surface area (Å²) in [6, 6.07) is 4.43. The summed E-state index contributed by atoms with van der Waals surface area (Å²) in [5.41, 5.74) is 6.72. The van der Waals surface area contributed by atoms with Crippen LogP contribution in [0, 0.1) is 5.82 Å². The van der Waals surface area contributed by atoms with E-state index in [2.05, 4.69) is 6.92 Å². The molecule has 2 heterocycles. The average molecular weight is 251 g/mol. The van der Waals surface area contributed by atoms with Crippen LogP contribution in [0.4, 0.5) is 4.39 Å². The van der Waals surface area contributed by atoms with Crippen molar-refractivity contribution in [2.75, 3.05) is 6.61 Å². The summed E-state index contributed by atoms with van der Waals surface area (Å²) in [4.78, 5) is 0. The zero-order valence-corrected chi connectivity index (χ0v) is 10.5. The fourth-order valence-electron chi connectivity index (χ4n) is 3.10. The first kappa shape index (κ1) is 11.9. The van der Waals surface area contributed by atoms with Crippen LogP contribution in [0.25, 0.3) is 0 Å². The highest BCUT2D eigenvalue weighted by molar-refractivity contribution is 5.39. The van der Waals surface area contributed by atoms with Crippen molar-refractivity contribution in [3.8, 4) is 5.75 Å². The van der Waals surface area contributed by atoms with Crippen molar-refractivity contribution in [3.63, 3.8) is 0 Å². The summed E-state index contributed by atoms with van der Waals surface area (Å²) < 4.78 is 24.9. The molecule has 0 aromatic heterocycles. The van der Waals surface area contributed by atoms with Gasteiger partial charge in [0.05, 0.1) is 12.7 Å². The van der Waals surface area contributed by atoms with Gasteiger partial charge in [-0.3, -0.25) is 0 Å². The zero-order valence-electron chi connectivity index (χ0n) is 10.5. The maximum atomic E-state index is 13.2. The number of ether oxygens (including phenoxy) is 2. The van der Waals surface area contributed by atoms with Crippen LogP contribution in [-0.4, -0.2) is 18.3 Å². The summed E-state index contributed by atoms with van der Waals surface area (Å²) in [5.74, 6) is 0.466. The molecule has 4 heteroatoms. The minimum atomic E-state index is -0.260. The third kappa shape index (κ3) is 1.99. The lowest BCUT2D eigenvalue weighted by atomic mass is 9.80. The number of fused-ring (bicyclic) bond motifs is 1. The van der Waals surface area contributed by atoms with E-state index in [1.54, 1.807) is 6.07 Å². The Kier molecular flexibility index (Phi) is 2.79. The lowest BCUT2D eigenvalue weighted by Gasteiger charge is -2.45. The molecule has 0 aliphatic carbocycles. The standard InChI is InChI=1S/C14H18FNO2/c1-9-7-14(4-5-17-9)8-12(16)11-6-10(15)2-3-13(11)18-14/h2-3,6,9,12H,4-5,7-8,16H2,1H3. The number of hydrogen-bond acceptors (Lipinski definition) is 3. The van der Waals surface area contributed by atoms with Gasteiger partial charge >= 0.3 is 0 Å². The van der Waals surface area contributed by atoms with E-state index in [-0.39, 0.29) is 23.6 Å². The first-order valence-corrected chi connectivity index (χ1v) is 6.44. The highest BCUT2D eigenvalue weighted by Gasteiger charge is 2.43. The third-order valence-corrected chi connectivity index (χ3v) is 3.91. The van der Waals surface area contributed by atoms with Gasteiger partial charge in [0.25, 0.3) is 0 Å². The number of benzene rings is 1. The van der Waals surface area contributed by atoms with Gasteiger partial charge in [-0.25, -0.2) is 4.39 Å². The lowest BCUT2D eigenvalue weighted by molar-refractivity contribution is -0.0949. The highest BCUT2D eigenvalue weighted by atomic mass is 19.1. The third-order valence-electron chi connectivity index (χ3n) is 3.91. The Labute approximate surface area is 106 Å². The van der Waals surface area contributed by atoms with Crippen molar-refractivity contribution in [3.05, 3.63) is 29.6 Å². The molecule has 0 saturated carbocycles. The Morgan fingerprint density at radius 1 is 1.39 bits per heavy atom. The summed E-state index contributed by atoms with van der Waals surface area (Å²) in [6.45, 7) is 2.75. The SMILES string of the molecule is CC1CC2(CCO1)CC(N)c1cc(F)ccc1O2. The van der Waals surface area contributed by atoms with Crippen LogP contribution in [0.5, 0.6) is 5.75 Å². The van der Waals surface area contributed by atoms with E-state index in [1.807, 2.05) is 0 Å². The molecule has 3 rings (SSSR count). The molecule has 1 saturated heterocycles. The van der Waals surface area contributed by atoms with Gasteiger partial charge in [0.1, 0.15) is 17.2 Å². The predicted molar refractivity (Wildman–Crippen MR) is 66.0 cm³/mol. The van der Waals surface area contributed by atoms with Gasteiger partial charge in [0.2, 0.25) is 0 Å². The number of hydrogen-bond donors (Lipinski definition) is 1. The van der Waals surface area contributed by atoms with Crippen molar-refractivity contribution in [2.24, 2.45) is 5.73 Å². The maximum absolute atomic E-state index is 13.2. The average Bonchev–Trinajstić information content (AvgIpc) is 2.30. The fourth-order valence-corrected chi connectivity index (χ4v) is 3.10. The summed E-state index contributed by atoms with van der Waals surface area (Å²) in [6.07, 6.45) is 2.62. The molecule has 1 fully saturated rings. The molecule has 2 N–H and O–H groups in total. The van der Waals surface area contributed by atoms with Crippen molar-refractivity contribution in [1.82, 2.24) is 0 Å². The monoisotopic (exact) mass is 251 g/mol. The van der Waals surface area contributed by atoms with Crippen LogP contribution in [0.15, 0.2) is 18.2 Å². The van der Waals surface area contributed by atoms with E-state index in [4.69, 9.17) is 15.2 Å². The van der Waals surface area contributed by atoms with Crippen molar-refractivity contribution >= 4 is 0 Å². The molecule has 18 heavy (non-hydrogen) atoms. The molecule has 1 spiro atoms. The fraction of sp³-hybridized carbons (Fsp3) is 0.571. The molecule has 1 aromatic carbocycles. The summed E-state index contributed by atoms with van der Waals surface area (Å²) in [5, 5.41) is 0. The van der Waals surface area contributed by atoms with Gasteiger partial charge in [-0.05, 0) is 25.1 Å². The molecule has 1 aromatic rings. The zero-order chi connectivity index (χ0) is 12.8. The van der Waals surface area contributed by atoms with Gasteiger partial charge in [-0.15, -0.1) is 0 Å². The second-order valence-corrected chi connectivity index (χ2v) is 5.41. The molecule has 0 radical (unpaired) electrons. The molecule has 2 aliphatic rings. The molecule has 98 valence electrons. The first-order valence-electron chi connectivity index (χ1n) is 6.44. The predicted octanol–water partition coefficient (Wildman–Crippen LogP) is 2.55. The van der Waals surface area contributed by atoms with Crippen LogP contribution in [0.3, 0.4) is 0 Å². The second-order valence-electron chi connectivity index (χ2n) is 5.41. The van der Waals surface area contributed by atoms with Crippen molar-refractivity contribution in [1.29, 1.82) is 0 Å². The van der Waals surface area contributed by atoms with Crippen molar-refractivity contribution < 1.29 is 13.9 Å². The molecule has 0 amide bonds. The quantitative estimate of drug-likeness (QED) is 0.770. The number of nitrogens with two attached hydrogens (primary N) is 1. The first-order chi connectivity index (χ1) is 8.58. The largest absolute Gasteiger partial charge is 0.487 e. The molecule has 0 bridgehead atoms. The molecule has 3 atom stereocenters. The van der Waals surface area contributed by atoms with Gasteiger partial charge < -0.3 is 15.2 Å². The van der Waals surface area contributed by atoms with Gasteiger partial charge in [0, 0.05) is 30.9 Å². The van der Waals surface area contributed by atoms with E-state index in [1.165, 1.54) is 12.1 Å². The van der Waals surface area contributed by atoms with E-state index in [0.717, 1.165) is 30.6 Å². The molecule has 3 unspecified atom stereocenters. The van der Waals surface area contributed by atoms with Crippen LogP contribution >= 0.6 is 0 Å². The van der Waals surface area contributed by atoms with E-state index < -0.39 is 0 Å². The van der Waals surface area contributed by atoms with Crippen LogP contribution < -0.4 is 10.5 Å². The maximum Gasteiger partial charge on any atom is 0.125 e. The minimum absolute atomic E-state index is 0.158. The number of rotatable bonds is 0. The molecule has 3 nitrogen and oxygen atoms in total. The topological polar surface area (TPSA) is 44.5 Å². The Hall–Kier alpha value is -1.13.